The molecule has 1 aromatic heterocycles. The second kappa shape index (κ2) is 2.71. The standard InChI is InChI=1S/C7H3BrClFN2/c8-4-1-5-3(2-11-12-5)6(9)7(4)10/h1-2H,(H,11,12). The van der Waals surface area contributed by atoms with Crippen LogP contribution in [0.5, 0.6) is 0 Å². The second-order valence-corrected chi connectivity index (χ2v) is 3.55. The third-order valence-corrected chi connectivity index (χ3v) is 2.53. The first-order valence-electron chi connectivity index (χ1n) is 3.16. The van der Waals surface area contributed by atoms with Crippen LogP contribution in [0.1, 0.15) is 0 Å². The zero-order valence-electron chi connectivity index (χ0n) is 5.74. The molecule has 2 nitrogen and oxygen atoms in total. The number of hydrogen-bond donors (Lipinski definition) is 1. The molecule has 0 amide bonds. The summed E-state index contributed by atoms with van der Waals surface area (Å²) in [4.78, 5) is 0. The molecule has 1 N–H and O–H groups in total. The maximum Gasteiger partial charge on any atom is 0.156 e. The fourth-order valence-corrected chi connectivity index (χ4v) is 1.79. The molecule has 12 heavy (non-hydrogen) atoms. The third kappa shape index (κ3) is 1.03. The van der Waals surface area contributed by atoms with Crippen LogP contribution >= 0.6 is 27.5 Å². The van der Waals surface area contributed by atoms with Gasteiger partial charge in [0.25, 0.3) is 0 Å². The Morgan fingerprint density at radius 1 is 1.58 bits per heavy atom. The van der Waals surface area contributed by atoms with Crippen molar-refractivity contribution >= 4 is 38.4 Å². The van der Waals surface area contributed by atoms with Gasteiger partial charge in [0.2, 0.25) is 0 Å². The highest BCUT2D eigenvalue weighted by Crippen LogP contribution is 2.30. The van der Waals surface area contributed by atoms with Gasteiger partial charge in [0, 0.05) is 5.39 Å². The molecule has 62 valence electrons. The quantitative estimate of drug-likeness (QED) is 0.714. The highest BCUT2D eigenvalue weighted by molar-refractivity contribution is 9.10. The van der Waals surface area contributed by atoms with E-state index in [9.17, 15) is 4.39 Å². The summed E-state index contributed by atoms with van der Waals surface area (Å²) in [6.45, 7) is 0. The number of nitrogens with one attached hydrogen (secondary N) is 1. The lowest BCUT2D eigenvalue weighted by Gasteiger charge is -1.97. The van der Waals surface area contributed by atoms with Gasteiger partial charge in [-0.1, -0.05) is 11.6 Å². The topological polar surface area (TPSA) is 28.7 Å². The van der Waals surface area contributed by atoms with Crippen molar-refractivity contribution in [1.29, 1.82) is 0 Å². The molecule has 5 heteroatoms. The first-order chi connectivity index (χ1) is 5.70. The van der Waals surface area contributed by atoms with E-state index in [-0.39, 0.29) is 5.02 Å². The number of fused-ring (bicyclic) bond motifs is 1. The van der Waals surface area contributed by atoms with Gasteiger partial charge in [0.15, 0.2) is 5.82 Å². The Morgan fingerprint density at radius 3 is 3.08 bits per heavy atom. The van der Waals surface area contributed by atoms with Crippen LogP contribution in [0.25, 0.3) is 10.9 Å². The number of nitrogens with zero attached hydrogens (tertiary/aromatic N) is 1. The summed E-state index contributed by atoms with van der Waals surface area (Å²) in [7, 11) is 0. The minimum absolute atomic E-state index is 0.0909. The number of rotatable bonds is 0. The van der Waals surface area contributed by atoms with Gasteiger partial charge in [-0.05, 0) is 22.0 Å². The molecule has 0 aliphatic carbocycles. The van der Waals surface area contributed by atoms with Gasteiger partial charge in [-0.3, -0.25) is 5.10 Å². The van der Waals surface area contributed by atoms with Crippen molar-refractivity contribution in [3.05, 3.63) is 27.6 Å². The molecule has 0 bridgehead atoms. The molecular weight excluding hydrogens is 246 g/mol. The molecule has 0 spiro atoms. The summed E-state index contributed by atoms with van der Waals surface area (Å²) in [5, 5.41) is 7.13. The van der Waals surface area contributed by atoms with Crippen LogP contribution in [-0.2, 0) is 0 Å². The highest BCUT2D eigenvalue weighted by Gasteiger charge is 2.10. The summed E-state index contributed by atoms with van der Waals surface area (Å²) in [6, 6.07) is 1.60. The first kappa shape index (κ1) is 8.01. The molecule has 1 heterocycles. The SMILES string of the molecule is Fc1c(Br)cc2[nH]ncc2c1Cl. The van der Waals surface area contributed by atoms with E-state index >= 15 is 0 Å². The van der Waals surface area contributed by atoms with Crippen LogP contribution in [-0.4, -0.2) is 10.2 Å². The number of aromatic amines is 1. The molecule has 0 aliphatic heterocycles. The molecule has 1 aromatic carbocycles. The molecule has 0 unspecified atom stereocenters. The molecule has 2 rings (SSSR count). The van der Waals surface area contributed by atoms with Crippen LogP contribution < -0.4 is 0 Å². The molecule has 0 radical (unpaired) electrons. The van der Waals surface area contributed by atoms with Gasteiger partial charge in [-0.25, -0.2) is 4.39 Å². The fourth-order valence-electron chi connectivity index (χ4n) is 0.994. The lowest BCUT2D eigenvalue weighted by molar-refractivity contribution is 0.623. The molecule has 0 aliphatic rings. The van der Waals surface area contributed by atoms with E-state index in [2.05, 4.69) is 26.1 Å². The normalized spacial score (nSPS) is 10.9. The van der Waals surface area contributed by atoms with E-state index < -0.39 is 5.82 Å². The largest absolute Gasteiger partial charge is 0.278 e. The predicted octanol–water partition coefficient (Wildman–Crippen LogP) is 3.12. The summed E-state index contributed by atoms with van der Waals surface area (Å²) in [5.41, 5.74) is 0.716. The maximum absolute atomic E-state index is 13.1. The zero-order valence-corrected chi connectivity index (χ0v) is 8.08. The molecular formula is C7H3BrClFN2. The van der Waals surface area contributed by atoms with E-state index in [1.807, 2.05) is 0 Å². The lowest BCUT2D eigenvalue weighted by atomic mass is 10.2. The Morgan fingerprint density at radius 2 is 2.33 bits per heavy atom. The van der Waals surface area contributed by atoms with Gasteiger partial charge in [0.1, 0.15) is 0 Å². The van der Waals surface area contributed by atoms with Gasteiger partial charge < -0.3 is 0 Å². The fraction of sp³-hybridized carbons (Fsp3) is 0. The summed E-state index contributed by atoms with van der Waals surface area (Å²) in [5.74, 6) is -0.453. The van der Waals surface area contributed by atoms with Gasteiger partial charge in [-0.15, -0.1) is 0 Å². The van der Waals surface area contributed by atoms with Crippen molar-refractivity contribution < 1.29 is 4.39 Å². The molecule has 0 saturated heterocycles. The van der Waals surface area contributed by atoms with Crippen LogP contribution in [0.3, 0.4) is 0 Å². The van der Waals surface area contributed by atoms with E-state index in [0.29, 0.717) is 15.4 Å². The Kier molecular flexibility index (Phi) is 1.81. The van der Waals surface area contributed by atoms with Crippen LogP contribution in [0.2, 0.25) is 5.02 Å². The molecule has 0 atom stereocenters. The van der Waals surface area contributed by atoms with Crippen molar-refractivity contribution in [1.82, 2.24) is 10.2 Å². The van der Waals surface area contributed by atoms with Crippen molar-refractivity contribution in [3.8, 4) is 0 Å². The van der Waals surface area contributed by atoms with E-state index in [1.54, 1.807) is 6.07 Å². The van der Waals surface area contributed by atoms with Crippen LogP contribution in [0.4, 0.5) is 4.39 Å². The van der Waals surface area contributed by atoms with Crippen LogP contribution in [0.15, 0.2) is 16.7 Å². The first-order valence-corrected chi connectivity index (χ1v) is 4.34. The van der Waals surface area contributed by atoms with Crippen molar-refractivity contribution in [2.24, 2.45) is 0 Å². The molecule has 2 aromatic rings. The van der Waals surface area contributed by atoms with Crippen LogP contribution in [0, 0.1) is 5.82 Å². The Balaban J connectivity index is 2.94. The number of halogens is 3. The number of aromatic nitrogens is 2. The zero-order chi connectivity index (χ0) is 8.72. The average molecular weight is 249 g/mol. The highest BCUT2D eigenvalue weighted by atomic mass is 79.9. The second-order valence-electron chi connectivity index (χ2n) is 2.32. The predicted molar refractivity (Wildman–Crippen MR) is 48.8 cm³/mol. The monoisotopic (exact) mass is 248 g/mol. The van der Waals surface area contributed by atoms with Gasteiger partial charge in [0.05, 0.1) is 21.2 Å². The van der Waals surface area contributed by atoms with Gasteiger partial charge in [-0.2, -0.15) is 5.10 Å². The van der Waals surface area contributed by atoms with Crippen molar-refractivity contribution in [3.63, 3.8) is 0 Å². The number of benzene rings is 1. The van der Waals surface area contributed by atoms with Crippen molar-refractivity contribution in [2.45, 2.75) is 0 Å². The summed E-state index contributed by atoms with van der Waals surface area (Å²) >= 11 is 8.75. The molecule has 0 saturated carbocycles. The Bertz CT molecular complexity index is 440. The lowest BCUT2D eigenvalue weighted by Crippen LogP contribution is -1.80. The van der Waals surface area contributed by atoms with E-state index in [4.69, 9.17) is 11.6 Å². The van der Waals surface area contributed by atoms with E-state index in [0.717, 1.165) is 0 Å². The summed E-state index contributed by atoms with van der Waals surface area (Å²) < 4.78 is 13.5. The minimum Gasteiger partial charge on any atom is -0.278 e. The number of H-pyrrole nitrogens is 1. The maximum atomic E-state index is 13.1. The van der Waals surface area contributed by atoms with E-state index in [1.165, 1.54) is 6.20 Å². The number of hydrogen-bond acceptors (Lipinski definition) is 1. The van der Waals surface area contributed by atoms with Gasteiger partial charge >= 0.3 is 0 Å². The third-order valence-electron chi connectivity index (χ3n) is 1.58. The Hall–Kier alpha value is -0.610. The Labute approximate surface area is 80.8 Å². The smallest absolute Gasteiger partial charge is 0.156 e. The average Bonchev–Trinajstić information content (AvgIpc) is 2.48. The molecule has 0 fully saturated rings. The van der Waals surface area contributed by atoms with Crippen molar-refractivity contribution in [2.75, 3.05) is 0 Å². The minimum atomic E-state index is -0.453. The summed E-state index contributed by atoms with van der Waals surface area (Å²) in [6.07, 6.45) is 1.49.